The lowest BCUT2D eigenvalue weighted by atomic mass is 9.83. The van der Waals surface area contributed by atoms with Crippen molar-refractivity contribution in [3.05, 3.63) is 35.6 Å². The summed E-state index contributed by atoms with van der Waals surface area (Å²) < 4.78 is 13.9. The largest absolute Gasteiger partial charge is 0.324 e. The van der Waals surface area contributed by atoms with E-state index in [1.54, 1.807) is 23.1 Å². The minimum Gasteiger partial charge on any atom is -0.320 e. The third-order valence-electron chi connectivity index (χ3n) is 3.95. The van der Waals surface area contributed by atoms with Crippen molar-refractivity contribution in [2.75, 3.05) is 6.54 Å². The van der Waals surface area contributed by atoms with E-state index in [4.69, 9.17) is 0 Å². The molecule has 2 aliphatic heterocycles. The third kappa shape index (κ3) is 1.99. The number of carbonyl (C=O) groups excluding carboxylic acids is 2. The third-order valence-corrected chi connectivity index (χ3v) is 3.95. The highest BCUT2D eigenvalue weighted by Gasteiger charge is 2.43. The zero-order valence-electron chi connectivity index (χ0n) is 10.4. The molecule has 3 amide bonds. The number of hydrogen-bond donors (Lipinski definition) is 1. The number of halogens is 1. The predicted octanol–water partition coefficient (Wildman–Crippen LogP) is 2.01. The van der Waals surface area contributed by atoms with Crippen LogP contribution < -0.4 is 5.32 Å². The van der Waals surface area contributed by atoms with Gasteiger partial charge < -0.3 is 4.90 Å². The predicted molar refractivity (Wildman–Crippen MR) is 67.0 cm³/mol. The van der Waals surface area contributed by atoms with Crippen molar-refractivity contribution in [2.24, 2.45) is 0 Å². The van der Waals surface area contributed by atoms with Gasteiger partial charge in [-0.25, -0.2) is 9.18 Å². The van der Waals surface area contributed by atoms with E-state index in [9.17, 15) is 14.0 Å². The van der Waals surface area contributed by atoms with Gasteiger partial charge >= 0.3 is 6.03 Å². The number of carbonyl (C=O) groups is 2. The Morgan fingerprint density at radius 3 is 2.79 bits per heavy atom. The maximum Gasteiger partial charge on any atom is 0.324 e. The molecule has 19 heavy (non-hydrogen) atoms. The number of rotatable bonds is 1. The lowest BCUT2D eigenvalue weighted by molar-refractivity contribution is -0.125. The quantitative estimate of drug-likeness (QED) is 0.841. The molecule has 2 atom stereocenters. The Morgan fingerprint density at radius 1 is 1.21 bits per heavy atom. The second kappa shape index (κ2) is 4.64. The Hall–Kier alpha value is -1.91. The zero-order chi connectivity index (χ0) is 13.4. The van der Waals surface area contributed by atoms with Gasteiger partial charge in [-0.15, -0.1) is 0 Å². The molecule has 2 heterocycles. The molecule has 0 saturated carbocycles. The van der Waals surface area contributed by atoms with Crippen LogP contribution in [0.3, 0.4) is 0 Å². The van der Waals surface area contributed by atoms with Crippen LogP contribution in [0.2, 0.25) is 0 Å². The number of nitrogens with zero attached hydrogens (tertiary/aromatic N) is 1. The SMILES string of the molecule is O=C1NC(=O)N2CCCC[C@H]2[C@@H]1c1ccccc1F. The number of urea groups is 1. The van der Waals surface area contributed by atoms with Crippen LogP contribution in [-0.2, 0) is 4.79 Å². The van der Waals surface area contributed by atoms with Gasteiger partial charge in [-0.1, -0.05) is 18.2 Å². The van der Waals surface area contributed by atoms with Crippen molar-refractivity contribution in [3.63, 3.8) is 0 Å². The highest BCUT2D eigenvalue weighted by molar-refractivity contribution is 6.01. The van der Waals surface area contributed by atoms with Crippen molar-refractivity contribution >= 4 is 11.9 Å². The second-order valence-electron chi connectivity index (χ2n) is 5.05. The summed E-state index contributed by atoms with van der Waals surface area (Å²) in [7, 11) is 0. The van der Waals surface area contributed by atoms with Crippen molar-refractivity contribution in [1.29, 1.82) is 0 Å². The fourth-order valence-corrected chi connectivity index (χ4v) is 3.06. The molecule has 1 aromatic carbocycles. The molecule has 2 saturated heterocycles. The molecule has 0 radical (unpaired) electrons. The Kier molecular flexibility index (Phi) is 2.97. The summed E-state index contributed by atoms with van der Waals surface area (Å²) in [5, 5.41) is 2.34. The topological polar surface area (TPSA) is 49.4 Å². The molecule has 2 aliphatic rings. The van der Waals surface area contributed by atoms with E-state index in [0.717, 1.165) is 19.3 Å². The zero-order valence-corrected chi connectivity index (χ0v) is 10.4. The van der Waals surface area contributed by atoms with E-state index in [1.165, 1.54) is 6.07 Å². The minimum absolute atomic E-state index is 0.216. The molecular formula is C14H15FN2O2. The van der Waals surface area contributed by atoms with Crippen molar-refractivity contribution < 1.29 is 14.0 Å². The summed E-state index contributed by atoms with van der Waals surface area (Å²) in [5.41, 5.74) is 0.379. The number of benzene rings is 1. The number of nitrogens with one attached hydrogen (secondary N) is 1. The fourth-order valence-electron chi connectivity index (χ4n) is 3.06. The lowest BCUT2D eigenvalue weighted by Crippen LogP contribution is -2.60. The summed E-state index contributed by atoms with van der Waals surface area (Å²) in [5.74, 6) is -1.38. The summed E-state index contributed by atoms with van der Waals surface area (Å²) in [6.07, 6.45) is 2.65. The highest BCUT2D eigenvalue weighted by Crippen LogP contribution is 2.34. The smallest absolute Gasteiger partial charge is 0.320 e. The van der Waals surface area contributed by atoms with E-state index >= 15 is 0 Å². The minimum atomic E-state index is -0.598. The summed E-state index contributed by atoms with van der Waals surface area (Å²) in [6.45, 7) is 0.634. The number of imide groups is 1. The molecule has 5 heteroatoms. The molecule has 0 bridgehead atoms. The highest BCUT2D eigenvalue weighted by atomic mass is 19.1. The summed E-state index contributed by atoms with van der Waals surface area (Å²) in [4.78, 5) is 25.6. The Bertz CT molecular complexity index is 532. The first-order valence-corrected chi connectivity index (χ1v) is 6.54. The molecule has 1 aromatic rings. The van der Waals surface area contributed by atoms with Crippen molar-refractivity contribution in [2.45, 2.75) is 31.2 Å². The lowest BCUT2D eigenvalue weighted by Gasteiger charge is -2.43. The number of fused-ring (bicyclic) bond motifs is 1. The van der Waals surface area contributed by atoms with Gasteiger partial charge in [0, 0.05) is 18.2 Å². The molecule has 4 nitrogen and oxygen atoms in total. The van der Waals surface area contributed by atoms with Crippen LogP contribution >= 0.6 is 0 Å². The van der Waals surface area contributed by atoms with E-state index in [2.05, 4.69) is 5.32 Å². The van der Waals surface area contributed by atoms with Crippen molar-refractivity contribution in [1.82, 2.24) is 10.2 Å². The van der Waals surface area contributed by atoms with Gasteiger partial charge in [-0.2, -0.15) is 0 Å². The van der Waals surface area contributed by atoms with E-state index in [0.29, 0.717) is 12.1 Å². The molecule has 0 aromatic heterocycles. The second-order valence-corrected chi connectivity index (χ2v) is 5.05. The van der Waals surface area contributed by atoms with Gasteiger partial charge in [0.25, 0.3) is 0 Å². The Balaban J connectivity index is 2.01. The molecule has 1 N–H and O–H groups in total. The van der Waals surface area contributed by atoms with Crippen LogP contribution in [0.1, 0.15) is 30.7 Å². The van der Waals surface area contributed by atoms with Crippen LogP contribution in [0.5, 0.6) is 0 Å². The van der Waals surface area contributed by atoms with E-state index in [1.807, 2.05) is 0 Å². The van der Waals surface area contributed by atoms with Gasteiger partial charge in [0.1, 0.15) is 5.82 Å². The number of hydrogen-bond acceptors (Lipinski definition) is 2. The van der Waals surface area contributed by atoms with Gasteiger partial charge in [0.15, 0.2) is 0 Å². The van der Waals surface area contributed by atoms with Crippen LogP contribution in [-0.4, -0.2) is 29.4 Å². The Morgan fingerprint density at radius 2 is 2.00 bits per heavy atom. The molecular weight excluding hydrogens is 247 g/mol. The maximum atomic E-state index is 13.9. The average molecular weight is 262 g/mol. The first-order valence-electron chi connectivity index (χ1n) is 6.54. The molecule has 2 fully saturated rings. The summed E-state index contributed by atoms with van der Waals surface area (Å²) in [6, 6.07) is 5.74. The average Bonchev–Trinajstić information content (AvgIpc) is 2.41. The van der Waals surface area contributed by atoms with Crippen LogP contribution in [0.25, 0.3) is 0 Å². The van der Waals surface area contributed by atoms with E-state index in [-0.39, 0.29) is 17.9 Å². The van der Waals surface area contributed by atoms with Crippen LogP contribution in [0.15, 0.2) is 24.3 Å². The van der Waals surface area contributed by atoms with Gasteiger partial charge in [-0.05, 0) is 25.3 Å². The molecule has 0 unspecified atom stereocenters. The molecule has 0 aliphatic carbocycles. The molecule has 100 valence electrons. The van der Waals surface area contributed by atoms with Gasteiger partial charge in [0.2, 0.25) is 5.91 Å². The van der Waals surface area contributed by atoms with Crippen LogP contribution in [0, 0.1) is 5.82 Å². The number of piperidine rings is 1. The summed E-state index contributed by atoms with van der Waals surface area (Å²) >= 11 is 0. The number of amides is 3. The first kappa shape index (κ1) is 12.1. The molecule has 0 spiro atoms. The van der Waals surface area contributed by atoms with E-state index < -0.39 is 11.8 Å². The molecule has 3 rings (SSSR count). The van der Waals surface area contributed by atoms with Crippen molar-refractivity contribution in [3.8, 4) is 0 Å². The normalized spacial score (nSPS) is 26.9. The monoisotopic (exact) mass is 262 g/mol. The first-order chi connectivity index (χ1) is 9.18. The van der Waals surface area contributed by atoms with Gasteiger partial charge in [0.05, 0.1) is 5.92 Å². The van der Waals surface area contributed by atoms with Gasteiger partial charge in [-0.3, -0.25) is 10.1 Å². The maximum absolute atomic E-state index is 13.9. The Labute approximate surface area is 110 Å². The standard InChI is InChI=1S/C14H15FN2O2/c15-10-6-2-1-5-9(10)12-11-7-3-4-8-17(11)14(19)16-13(12)18/h1-2,5-6,11-12H,3-4,7-8H2,(H,16,18,19)/t11-,12-/m0/s1. The van der Waals surface area contributed by atoms with Crippen LogP contribution in [0.4, 0.5) is 9.18 Å². The fraction of sp³-hybridized carbons (Fsp3) is 0.429.